The van der Waals surface area contributed by atoms with E-state index < -0.39 is 16.0 Å². The molecule has 0 saturated carbocycles. The highest BCUT2D eigenvalue weighted by Gasteiger charge is 2.30. The molecule has 2 aromatic heterocycles. The van der Waals surface area contributed by atoms with E-state index in [1.807, 2.05) is 0 Å². The second kappa shape index (κ2) is 5.96. The number of aromatic nitrogens is 1. The number of aryl methyl sites for hydroxylation is 2. The van der Waals surface area contributed by atoms with Crippen LogP contribution in [0.1, 0.15) is 26.9 Å². The number of aromatic carboxylic acids is 1. The molecule has 0 bridgehead atoms. The SMILES string of the molecule is Cc1oc(C)c(S(=O)(=O)NCCc2nccs2)c1C(=O)O. The summed E-state index contributed by atoms with van der Waals surface area (Å²) >= 11 is 1.43. The Morgan fingerprint density at radius 2 is 2.14 bits per heavy atom. The average molecular weight is 330 g/mol. The van der Waals surface area contributed by atoms with Crippen LogP contribution in [0, 0.1) is 13.8 Å². The lowest BCUT2D eigenvalue weighted by molar-refractivity contribution is 0.0691. The van der Waals surface area contributed by atoms with Crippen LogP contribution in [0.3, 0.4) is 0 Å². The summed E-state index contributed by atoms with van der Waals surface area (Å²) in [5.41, 5.74) is -0.325. The smallest absolute Gasteiger partial charge is 0.340 e. The molecule has 0 aliphatic heterocycles. The van der Waals surface area contributed by atoms with E-state index in [9.17, 15) is 13.2 Å². The molecule has 0 fully saturated rings. The fourth-order valence-electron chi connectivity index (χ4n) is 1.98. The monoisotopic (exact) mass is 330 g/mol. The highest BCUT2D eigenvalue weighted by Crippen LogP contribution is 2.26. The van der Waals surface area contributed by atoms with Crippen LogP contribution in [0.15, 0.2) is 20.9 Å². The molecule has 0 atom stereocenters. The van der Waals surface area contributed by atoms with Crippen LogP contribution in [0.2, 0.25) is 0 Å². The molecular formula is C12H14N2O5S2. The minimum atomic E-state index is -3.95. The summed E-state index contributed by atoms with van der Waals surface area (Å²) in [6.45, 7) is 2.98. The third-order valence-electron chi connectivity index (χ3n) is 2.80. The largest absolute Gasteiger partial charge is 0.478 e. The number of carboxylic acids is 1. The van der Waals surface area contributed by atoms with Crippen LogP contribution in [0.25, 0.3) is 0 Å². The first-order valence-electron chi connectivity index (χ1n) is 6.04. The minimum absolute atomic E-state index is 0.0617. The second-order valence-electron chi connectivity index (χ2n) is 4.30. The summed E-state index contributed by atoms with van der Waals surface area (Å²) in [5, 5.41) is 11.7. The normalized spacial score (nSPS) is 11.7. The number of carboxylic acid groups (broad SMARTS) is 1. The Balaban J connectivity index is 2.21. The Kier molecular flexibility index (Phi) is 4.45. The fraction of sp³-hybridized carbons (Fsp3) is 0.333. The third kappa shape index (κ3) is 3.31. The van der Waals surface area contributed by atoms with Gasteiger partial charge in [0, 0.05) is 24.5 Å². The molecule has 9 heteroatoms. The number of thiazole rings is 1. The number of sulfonamides is 1. The molecule has 21 heavy (non-hydrogen) atoms. The van der Waals surface area contributed by atoms with Crippen LogP contribution in [0.4, 0.5) is 0 Å². The predicted molar refractivity (Wildman–Crippen MR) is 76.1 cm³/mol. The highest BCUT2D eigenvalue weighted by molar-refractivity contribution is 7.89. The zero-order chi connectivity index (χ0) is 15.6. The molecule has 0 aliphatic carbocycles. The molecule has 2 rings (SSSR count). The molecule has 0 spiro atoms. The Morgan fingerprint density at radius 1 is 1.43 bits per heavy atom. The van der Waals surface area contributed by atoms with Crippen molar-refractivity contribution in [2.75, 3.05) is 6.54 Å². The van der Waals surface area contributed by atoms with Gasteiger partial charge in [-0.25, -0.2) is 22.9 Å². The van der Waals surface area contributed by atoms with Gasteiger partial charge in [-0.2, -0.15) is 0 Å². The molecular weight excluding hydrogens is 316 g/mol. The number of nitrogens with one attached hydrogen (secondary N) is 1. The first-order chi connectivity index (χ1) is 9.83. The summed E-state index contributed by atoms with van der Waals surface area (Å²) in [4.78, 5) is 14.9. The van der Waals surface area contributed by atoms with Crippen molar-refractivity contribution in [2.45, 2.75) is 25.2 Å². The van der Waals surface area contributed by atoms with Crippen molar-refractivity contribution in [1.29, 1.82) is 0 Å². The van der Waals surface area contributed by atoms with E-state index in [4.69, 9.17) is 9.52 Å². The van der Waals surface area contributed by atoms with Gasteiger partial charge in [-0.15, -0.1) is 11.3 Å². The molecule has 7 nitrogen and oxygen atoms in total. The Bertz CT molecular complexity index is 747. The quantitative estimate of drug-likeness (QED) is 0.832. The van der Waals surface area contributed by atoms with Gasteiger partial charge >= 0.3 is 5.97 Å². The summed E-state index contributed by atoms with van der Waals surface area (Å²) in [5.74, 6) is -1.20. The number of nitrogens with zero attached hydrogens (tertiary/aromatic N) is 1. The molecule has 0 saturated heterocycles. The van der Waals surface area contributed by atoms with Gasteiger partial charge in [0.25, 0.3) is 0 Å². The number of carbonyl (C=O) groups is 1. The molecule has 2 N–H and O–H groups in total. The van der Waals surface area contributed by atoms with Crippen LogP contribution in [-0.2, 0) is 16.4 Å². The third-order valence-corrected chi connectivity index (χ3v) is 5.25. The first kappa shape index (κ1) is 15.7. The number of hydrogen-bond donors (Lipinski definition) is 2. The van der Waals surface area contributed by atoms with Crippen molar-refractivity contribution >= 4 is 27.3 Å². The van der Waals surface area contributed by atoms with Gasteiger partial charge in [-0.1, -0.05) is 0 Å². The lowest BCUT2D eigenvalue weighted by atomic mass is 10.2. The van der Waals surface area contributed by atoms with Crippen molar-refractivity contribution in [1.82, 2.24) is 9.71 Å². The minimum Gasteiger partial charge on any atom is -0.478 e. The highest BCUT2D eigenvalue weighted by atomic mass is 32.2. The Morgan fingerprint density at radius 3 is 2.71 bits per heavy atom. The molecule has 0 aliphatic rings. The molecule has 2 aromatic rings. The number of hydrogen-bond acceptors (Lipinski definition) is 6. The van der Waals surface area contributed by atoms with E-state index in [1.165, 1.54) is 25.2 Å². The van der Waals surface area contributed by atoms with Crippen LogP contribution in [0.5, 0.6) is 0 Å². The topological polar surface area (TPSA) is 110 Å². The van der Waals surface area contributed by atoms with Crippen molar-refractivity contribution in [3.8, 4) is 0 Å². The molecule has 0 amide bonds. The van der Waals surface area contributed by atoms with Crippen LogP contribution < -0.4 is 4.72 Å². The number of rotatable bonds is 6. The van der Waals surface area contributed by atoms with Crippen molar-refractivity contribution in [3.05, 3.63) is 33.7 Å². The fourth-order valence-corrected chi connectivity index (χ4v) is 4.03. The molecule has 2 heterocycles. The maximum atomic E-state index is 12.3. The van der Waals surface area contributed by atoms with E-state index in [-0.39, 0.29) is 28.5 Å². The van der Waals surface area contributed by atoms with E-state index in [2.05, 4.69) is 9.71 Å². The standard InChI is InChI=1S/C12H14N2O5S2/c1-7-10(12(15)16)11(8(2)19-7)21(17,18)14-4-3-9-13-5-6-20-9/h5-6,14H,3-4H2,1-2H3,(H,15,16). The van der Waals surface area contributed by atoms with Gasteiger partial charge in [0.1, 0.15) is 22.0 Å². The van der Waals surface area contributed by atoms with Crippen LogP contribution >= 0.6 is 11.3 Å². The van der Waals surface area contributed by atoms with Crippen molar-refractivity contribution in [3.63, 3.8) is 0 Å². The zero-order valence-electron chi connectivity index (χ0n) is 11.4. The maximum absolute atomic E-state index is 12.3. The molecule has 0 unspecified atom stereocenters. The molecule has 0 aromatic carbocycles. The van der Waals surface area contributed by atoms with Crippen molar-refractivity contribution < 1.29 is 22.7 Å². The predicted octanol–water partition coefficient (Wildman–Crippen LogP) is 1.57. The maximum Gasteiger partial charge on any atom is 0.340 e. The van der Waals surface area contributed by atoms with E-state index >= 15 is 0 Å². The lowest BCUT2D eigenvalue weighted by Crippen LogP contribution is -2.27. The Labute approximate surface area is 125 Å². The van der Waals surface area contributed by atoms with Gasteiger partial charge in [0.15, 0.2) is 0 Å². The summed E-state index contributed by atoms with van der Waals surface area (Å²) < 4.78 is 32.1. The molecule has 114 valence electrons. The van der Waals surface area contributed by atoms with E-state index in [0.29, 0.717) is 6.42 Å². The summed E-state index contributed by atoms with van der Waals surface area (Å²) in [7, 11) is -3.95. The van der Waals surface area contributed by atoms with Gasteiger partial charge in [0.05, 0.1) is 5.01 Å². The second-order valence-corrected chi connectivity index (χ2v) is 6.98. The van der Waals surface area contributed by atoms with Gasteiger partial charge in [-0.3, -0.25) is 0 Å². The number of furan rings is 1. The zero-order valence-corrected chi connectivity index (χ0v) is 13.0. The van der Waals surface area contributed by atoms with E-state index in [1.54, 1.807) is 11.6 Å². The summed E-state index contributed by atoms with van der Waals surface area (Å²) in [6.07, 6.45) is 2.08. The molecule has 0 radical (unpaired) electrons. The first-order valence-corrected chi connectivity index (χ1v) is 8.40. The average Bonchev–Trinajstić information content (AvgIpc) is 2.96. The summed E-state index contributed by atoms with van der Waals surface area (Å²) in [6, 6.07) is 0. The van der Waals surface area contributed by atoms with Crippen molar-refractivity contribution in [2.24, 2.45) is 0 Å². The lowest BCUT2D eigenvalue weighted by Gasteiger charge is -2.06. The van der Waals surface area contributed by atoms with Crippen LogP contribution in [-0.4, -0.2) is 31.0 Å². The van der Waals surface area contributed by atoms with Gasteiger partial charge in [0.2, 0.25) is 10.0 Å². The Hall–Kier alpha value is -1.71. The van der Waals surface area contributed by atoms with Gasteiger partial charge in [-0.05, 0) is 13.8 Å². The van der Waals surface area contributed by atoms with E-state index in [0.717, 1.165) is 5.01 Å². The van der Waals surface area contributed by atoms with Gasteiger partial charge < -0.3 is 9.52 Å².